The summed E-state index contributed by atoms with van der Waals surface area (Å²) in [6.07, 6.45) is 4.68. The van der Waals surface area contributed by atoms with Crippen molar-refractivity contribution in [2.45, 2.75) is 26.8 Å². The molecule has 0 saturated heterocycles. The van der Waals surface area contributed by atoms with E-state index in [1.165, 1.54) is 0 Å². The first-order valence-corrected chi connectivity index (χ1v) is 5.90. The maximum Gasteiger partial charge on any atom is 1.00 e. The third-order valence-electron chi connectivity index (χ3n) is 2.63. The van der Waals surface area contributed by atoms with Crippen LogP contribution in [0.1, 0.15) is 24.7 Å². The van der Waals surface area contributed by atoms with Gasteiger partial charge in [-0.1, -0.05) is 13.3 Å². The molecule has 0 aliphatic carbocycles. The van der Waals surface area contributed by atoms with Gasteiger partial charge in [0.1, 0.15) is 0 Å². The Kier molecular flexibility index (Phi) is 7.48. The van der Waals surface area contributed by atoms with Crippen molar-refractivity contribution in [3.63, 3.8) is 0 Å². The molecule has 0 spiro atoms. The van der Waals surface area contributed by atoms with Crippen LogP contribution in [0.5, 0.6) is 0 Å². The zero-order chi connectivity index (χ0) is 12.1. The van der Waals surface area contributed by atoms with Gasteiger partial charge in [0, 0.05) is 29.3 Å². The number of nitrogens with one attached hydrogen (secondary N) is 1. The van der Waals surface area contributed by atoms with E-state index in [-0.39, 0.29) is 58.2 Å². The molecule has 5 heteroatoms. The summed E-state index contributed by atoms with van der Waals surface area (Å²) in [6.45, 7) is 5.73. The van der Waals surface area contributed by atoms with E-state index in [0.29, 0.717) is 6.54 Å². The van der Waals surface area contributed by atoms with E-state index in [1.54, 1.807) is 12.4 Å². The molecule has 0 unspecified atom stereocenters. The first kappa shape index (κ1) is 16.2. The van der Waals surface area contributed by atoms with Gasteiger partial charge in [-0.3, -0.25) is 10.1 Å². The van der Waals surface area contributed by atoms with Crippen molar-refractivity contribution in [2.24, 2.45) is 0 Å². The van der Waals surface area contributed by atoms with Crippen LogP contribution in [-0.2, 0) is 6.54 Å². The van der Waals surface area contributed by atoms with Crippen LogP contribution in [0.4, 0.5) is 0 Å². The molecule has 2 rings (SSSR count). The fraction of sp³-hybridized carbons (Fsp3) is 0.385. The van der Waals surface area contributed by atoms with Crippen LogP contribution in [0.25, 0.3) is 16.4 Å². The van der Waals surface area contributed by atoms with E-state index < -0.39 is 0 Å². The van der Waals surface area contributed by atoms with Crippen molar-refractivity contribution in [1.82, 2.24) is 15.2 Å². The topological polar surface area (TPSA) is 55.7 Å². The fourth-order valence-electron chi connectivity index (χ4n) is 1.84. The molecule has 90 valence electrons. The summed E-state index contributed by atoms with van der Waals surface area (Å²) in [5.41, 5.74) is 4.40. The Bertz CT molecular complexity index is 467. The second kappa shape index (κ2) is 8.33. The monoisotopic (exact) mass is 314 g/mol. The van der Waals surface area contributed by atoms with Crippen molar-refractivity contribution in [2.75, 3.05) is 6.54 Å². The Hall–Kier alpha value is 0.125. The standard InChI is InChI=1S/C13H17N4.Rb/c1-3-6-15-9-12-13(10(2)16-17-12)11-4-7-14-8-5-11;/h4-5,7-8H,3,6,9H2,1-2H3,(H,16,17);/q-1;+1. The number of pyridine rings is 1. The van der Waals surface area contributed by atoms with Crippen molar-refractivity contribution >= 4 is 0 Å². The van der Waals surface area contributed by atoms with E-state index in [0.717, 1.165) is 35.5 Å². The number of hydrogen-bond donors (Lipinski definition) is 1. The van der Waals surface area contributed by atoms with Gasteiger partial charge in [0.25, 0.3) is 0 Å². The fourth-order valence-corrected chi connectivity index (χ4v) is 1.84. The third kappa shape index (κ3) is 4.06. The van der Waals surface area contributed by atoms with Gasteiger partial charge < -0.3 is 5.32 Å². The summed E-state index contributed by atoms with van der Waals surface area (Å²) in [5, 5.41) is 11.8. The van der Waals surface area contributed by atoms with E-state index in [1.807, 2.05) is 19.1 Å². The Morgan fingerprint density at radius 3 is 2.67 bits per heavy atom. The average molecular weight is 315 g/mol. The van der Waals surface area contributed by atoms with Gasteiger partial charge >= 0.3 is 58.2 Å². The van der Waals surface area contributed by atoms with Crippen LogP contribution in [-0.4, -0.2) is 21.7 Å². The van der Waals surface area contributed by atoms with E-state index in [4.69, 9.17) is 0 Å². The maximum absolute atomic E-state index is 4.46. The molecule has 0 aliphatic rings. The molecule has 18 heavy (non-hydrogen) atoms. The summed E-state index contributed by atoms with van der Waals surface area (Å²) < 4.78 is 0. The van der Waals surface area contributed by atoms with E-state index in [9.17, 15) is 0 Å². The molecule has 0 saturated carbocycles. The minimum absolute atomic E-state index is 0. The zero-order valence-electron chi connectivity index (χ0n) is 11.3. The van der Waals surface area contributed by atoms with Crippen LogP contribution in [0.3, 0.4) is 0 Å². The number of aryl methyl sites for hydroxylation is 1. The summed E-state index contributed by atoms with van der Waals surface area (Å²) in [5.74, 6) is 0. The smallest absolute Gasteiger partial charge is 0.657 e. The first-order chi connectivity index (χ1) is 8.33. The SMILES string of the molecule is CCC[N-]Cc1n[nH]c(C)c1-c1ccncc1.[Rb+]. The van der Waals surface area contributed by atoms with Crippen LogP contribution in [0.15, 0.2) is 24.5 Å². The molecule has 0 aromatic carbocycles. The molecule has 0 bridgehead atoms. The molecule has 0 fully saturated rings. The number of nitrogens with zero attached hydrogens (tertiary/aromatic N) is 3. The van der Waals surface area contributed by atoms with Crippen molar-refractivity contribution in [1.29, 1.82) is 0 Å². The Morgan fingerprint density at radius 1 is 1.28 bits per heavy atom. The first-order valence-electron chi connectivity index (χ1n) is 5.90. The molecule has 2 heterocycles. The molecule has 2 aromatic rings. The molecular weight excluding hydrogens is 298 g/mol. The summed E-state index contributed by atoms with van der Waals surface area (Å²) in [4.78, 5) is 4.04. The van der Waals surface area contributed by atoms with Gasteiger partial charge in [-0.15, -0.1) is 13.1 Å². The third-order valence-corrected chi connectivity index (χ3v) is 2.63. The average Bonchev–Trinajstić information content (AvgIpc) is 2.72. The van der Waals surface area contributed by atoms with E-state index in [2.05, 4.69) is 27.4 Å². The normalized spacial score (nSPS) is 10.1. The molecule has 2 aromatic heterocycles. The van der Waals surface area contributed by atoms with Crippen molar-refractivity contribution in [3.8, 4) is 11.1 Å². The van der Waals surface area contributed by atoms with Crippen molar-refractivity contribution < 1.29 is 58.2 Å². The minimum Gasteiger partial charge on any atom is -0.657 e. The second-order valence-corrected chi connectivity index (χ2v) is 4.01. The maximum atomic E-state index is 4.46. The summed E-state index contributed by atoms with van der Waals surface area (Å²) in [6, 6.07) is 4.00. The summed E-state index contributed by atoms with van der Waals surface area (Å²) >= 11 is 0. The number of aromatic nitrogens is 3. The molecule has 4 nitrogen and oxygen atoms in total. The number of rotatable bonds is 5. The van der Waals surface area contributed by atoms with Gasteiger partial charge in [0.15, 0.2) is 0 Å². The largest absolute Gasteiger partial charge is 1.00 e. The number of H-pyrrole nitrogens is 1. The second-order valence-electron chi connectivity index (χ2n) is 4.01. The predicted octanol–water partition coefficient (Wildman–Crippen LogP) is 0.0678. The number of hydrogen-bond acceptors (Lipinski definition) is 2. The molecular formula is C13H17N4Rb. The molecule has 1 N–H and O–H groups in total. The van der Waals surface area contributed by atoms with Gasteiger partial charge in [-0.2, -0.15) is 5.10 Å². The molecule has 0 aliphatic heterocycles. The van der Waals surface area contributed by atoms with Gasteiger partial charge in [0.05, 0.1) is 0 Å². The summed E-state index contributed by atoms with van der Waals surface area (Å²) in [7, 11) is 0. The Morgan fingerprint density at radius 2 is 2.00 bits per heavy atom. The molecule has 0 atom stereocenters. The van der Waals surface area contributed by atoms with Crippen LogP contribution in [0, 0.1) is 6.92 Å². The van der Waals surface area contributed by atoms with E-state index >= 15 is 0 Å². The minimum atomic E-state index is 0. The Labute approximate surface area is 157 Å². The quantitative estimate of drug-likeness (QED) is 0.794. The zero-order valence-corrected chi connectivity index (χ0v) is 16.2. The predicted molar refractivity (Wildman–Crippen MR) is 68.8 cm³/mol. The Balaban J connectivity index is 0.00000162. The number of aromatic amines is 1. The van der Waals surface area contributed by atoms with Crippen molar-refractivity contribution in [3.05, 3.63) is 41.2 Å². The van der Waals surface area contributed by atoms with Crippen LogP contribution in [0.2, 0.25) is 0 Å². The molecule has 0 amide bonds. The van der Waals surface area contributed by atoms with Gasteiger partial charge in [0.2, 0.25) is 0 Å². The van der Waals surface area contributed by atoms with Gasteiger partial charge in [-0.25, -0.2) is 0 Å². The van der Waals surface area contributed by atoms with Crippen LogP contribution < -0.4 is 58.2 Å². The van der Waals surface area contributed by atoms with Gasteiger partial charge in [-0.05, 0) is 24.6 Å². The van der Waals surface area contributed by atoms with Crippen LogP contribution >= 0.6 is 0 Å². The molecule has 0 radical (unpaired) electrons.